The number of anilines is 2. The van der Waals surface area contributed by atoms with E-state index in [0.717, 1.165) is 17.0 Å². The summed E-state index contributed by atoms with van der Waals surface area (Å²) in [5.41, 5.74) is 1.63. The van der Waals surface area contributed by atoms with Crippen molar-refractivity contribution >= 4 is 46.7 Å². The number of H-pyrrole nitrogens is 1. The van der Waals surface area contributed by atoms with Crippen LogP contribution in [0.1, 0.15) is 43.1 Å². The number of methoxy groups -OCH3 is 1. The summed E-state index contributed by atoms with van der Waals surface area (Å²) in [7, 11) is 1.30. The zero-order chi connectivity index (χ0) is 29.3. The average Bonchev–Trinajstić information content (AvgIpc) is 3.43. The average molecular weight is 586 g/mol. The smallest absolute Gasteiger partial charge is 0.316 e. The summed E-state index contributed by atoms with van der Waals surface area (Å²) < 4.78 is 33.9. The van der Waals surface area contributed by atoms with Gasteiger partial charge in [0.25, 0.3) is 0 Å². The van der Waals surface area contributed by atoms with Gasteiger partial charge in [-0.05, 0) is 36.6 Å². The summed E-state index contributed by atoms with van der Waals surface area (Å²) in [5, 5.41) is 2.54. The Bertz CT molecular complexity index is 1540. The minimum absolute atomic E-state index is 0.00930. The fourth-order valence-electron chi connectivity index (χ4n) is 5.12. The van der Waals surface area contributed by atoms with E-state index in [4.69, 9.17) is 16.3 Å². The molecule has 41 heavy (non-hydrogen) atoms. The Morgan fingerprint density at radius 1 is 1.12 bits per heavy atom. The molecule has 3 amide bonds. The molecule has 2 aliphatic rings. The van der Waals surface area contributed by atoms with Crippen molar-refractivity contribution in [2.24, 2.45) is 0 Å². The monoisotopic (exact) mass is 585 g/mol. The van der Waals surface area contributed by atoms with Crippen molar-refractivity contribution in [1.82, 2.24) is 14.9 Å². The molecule has 1 saturated heterocycles. The predicted octanol–water partition coefficient (Wildman–Crippen LogP) is 4.15. The largest absolute Gasteiger partial charge is 0.469 e. The second-order valence-corrected chi connectivity index (χ2v) is 10.2. The highest BCUT2D eigenvalue weighted by molar-refractivity contribution is 6.41. The van der Waals surface area contributed by atoms with Crippen LogP contribution in [0.3, 0.4) is 0 Å². The summed E-state index contributed by atoms with van der Waals surface area (Å²) in [6, 6.07) is 6.50. The molecule has 0 saturated carbocycles. The number of nitrogens with zero attached hydrogens (tertiary/aromatic N) is 3. The van der Waals surface area contributed by atoms with E-state index in [1.54, 1.807) is 24.4 Å². The third-order valence-corrected chi connectivity index (χ3v) is 7.48. The highest BCUT2D eigenvalue weighted by Crippen LogP contribution is 2.35. The van der Waals surface area contributed by atoms with Gasteiger partial charge in [-0.15, -0.1) is 0 Å². The number of carbonyl (C=O) groups excluding carboxylic acids is 4. The topological polar surface area (TPSA) is 125 Å². The van der Waals surface area contributed by atoms with Crippen molar-refractivity contribution in [1.29, 1.82) is 0 Å². The minimum Gasteiger partial charge on any atom is -0.469 e. The Morgan fingerprint density at radius 2 is 1.93 bits per heavy atom. The van der Waals surface area contributed by atoms with E-state index in [2.05, 4.69) is 15.3 Å². The Hall–Kier alpha value is -4.32. The fourth-order valence-corrected chi connectivity index (χ4v) is 5.27. The number of hydrogen-bond acceptors (Lipinski definition) is 6. The number of rotatable bonds is 4. The molecule has 3 heterocycles. The normalized spacial score (nSPS) is 17.9. The lowest BCUT2D eigenvalue weighted by Gasteiger charge is -2.38. The van der Waals surface area contributed by atoms with Crippen LogP contribution in [0.5, 0.6) is 0 Å². The molecule has 2 bridgehead atoms. The summed E-state index contributed by atoms with van der Waals surface area (Å²) in [5.74, 6) is -4.36. The van der Waals surface area contributed by atoms with Crippen molar-refractivity contribution in [3.63, 3.8) is 0 Å². The molecule has 1 aromatic heterocycles. The summed E-state index contributed by atoms with van der Waals surface area (Å²) >= 11 is 5.80. The molecule has 3 aromatic rings. The number of benzene rings is 2. The van der Waals surface area contributed by atoms with E-state index in [1.165, 1.54) is 12.0 Å². The first kappa shape index (κ1) is 28.2. The van der Waals surface area contributed by atoms with Gasteiger partial charge in [0.1, 0.15) is 17.3 Å². The Balaban J connectivity index is 1.46. The van der Waals surface area contributed by atoms with Crippen molar-refractivity contribution < 1.29 is 32.7 Å². The number of aromatic nitrogens is 2. The van der Waals surface area contributed by atoms with Crippen LogP contribution >= 0.6 is 11.6 Å². The second-order valence-electron chi connectivity index (χ2n) is 9.77. The van der Waals surface area contributed by atoms with E-state index in [1.807, 2.05) is 0 Å². The van der Waals surface area contributed by atoms with Crippen LogP contribution in [0, 0.1) is 11.6 Å². The molecular formula is C28H26ClF2N5O5. The van der Waals surface area contributed by atoms with Gasteiger partial charge in [-0.25, -0.2) is 13.8 Å². The maximum atomic E-state index is 14.7. The SMILES string of the molecule is COC(=O)Cc1ccc2c(c1)NC(=O)CCCC[C@H](N1CCN(c3c(F)ccc(Cl)c3F)C(=O)C1=O)c1ncc-2[nH]1. The third kappa shape index (κ3) is 5.64. The van der Waals surface area contributed by atoms with E-state index in [-0.39, 0.29) is 36.9 Å². The van der Waals surface area contributed by atoms with Gasteiger partial charge in [-0.2, -0.15) is 0 Å². The molecule has 0 spiro atoms. The number of aromatic amines is 1. The van der Waals surface area contributed by atoms with Gasteiger partial charge in [0.2, 0.25) is 5.91 Å². The molecule has 0 aliphatic carbocycles. The first-order chi connectivity index (χ1) is 19.7. The van der Waals surface area contributed by atoms with Crippen LogP contribution in [0.2, 0.25) is 5.02 Å². The predicted molar refractivity (Wildman–Crippen MR) is 145 cm³/mol. The molecule has 10 nitrogen and oxygen atoms in total. The first-order valence-corrected chi connectivity index (χ1v) is 13.4. The molecule has 214 valence electrons. The molecule has 1 fully saturated rings. The number of halogens is 3. The van der Waals surface area contributed by atoms with Crippen LogP contribution in [-0.4, -0.2) is 58.8 Å². The lowest BCUT2D eigenvalue weighted by molar-refractivity contribution is -0.148. The lowest BCUT2D eigenvalue weighted by atomic mass is 10.0. The van der Waals surface area contributed by atoms with Crippen LogP contribution in [-0.2, 0) is 30.3 Å². The second kappa shape index (κ2) is 11.7. The van der Waals surface area contributed by atoms with Crippen molar-refractivity contribution in [2.75, 3.05) is 30.4 Å². The van der Waals surface area contributed by atoms with Gasteiger partial charge in [-0.3, -0.25) is 24.1 Å². The number of nitrogens with one attached hydrogen (secondary N) is 2. The van der Waals surface area contributed by atoms with Crippen molar-refractivity contribution in [2.45, 2.75) is 38.1 Å². The van der Waals surface area contributed by atoms with Gasteiger partial charge in [-0.1, -0.05) is 30.2 Å². The standard InChI is InChI=1S/C28H26ClF2N5O5/c1-41-23(38)13-15-6-7-16-19(12-15)33-22(37)5-3-2-4-21(26-32-14-20(16)34-26)35-10-11-36(28(40)27(35)39)25-18(30)9-8-17(29)24(25)31/h6-9,12,14,21H,2-5,10-11,13H2,1H3,(H,32,34)(H,33,37)/t21-/m0/s1. The molecule has 0 unspecified atom stereocenters. The third-order valence-electron chi connectivity index (χ3n) is 7.19. The molecule has 2 N–H and O–H groups in total. The Kier molecular flexibility index (Phi) is 8.02. The molecule has 13 heteroatoms. The van der Waals surface area contributed by atoms with Crippen LogP contribution in [0.4, 0.5) is 20.2 Å². The summed E-state index contributed by atoms with van der Waals surface area (Å²) in [6.45, 7) is -0.165. The van der Waals surface area contributed by atoms with E-state index in [9.17, 15) is 28.0 Å². The maximum absolute atomic E-state index is 14.7. The minimum atomic E-state index is -1.12. The molecule has 0 radical (unpaired) electrons. The van der Waals surface area contributed by atoms with Crippen LogP contribution in [0.25, 0.3) is 11.3 Å². The lowest BCUT2D eigenvalue weighted by Crippen LogP contribution is -2.56. The summed E-state index contributed by atoms with van der Waals surface area (Å²) in [6.07, 6.45) is 3.21. The van der Waals surface area contributed by atoms with Gasteiger partial charge >= 0.3 is 17.8 Å². The maximum Gasteiger partial charge on any atom is 0.316 e. The van der Waals surface area contributed by atoms with Gasteiger partial charge < -0.3 is 19.9 Å². The Labute approximate surface area is 238 Å². The zero-order valence-electron chi connectivity index (χ0n) is 22.0. The van der Waals surface area contributed by atoms with Crippen LogP contribution < -0.4 is 10.2 Å². The molecule has 5 rings (SSSR count). The number of fused-ring (bicyclic) bond motifs is 4. The van der Waals surface area contributed by atoms with Gasteiger partial charge in [0.05, 0.1) is 42.2 Å². The number of piperazine rings is 1. The van der Waals surface area contributed by atoms with Crippen molar-refractivity contribution in [3.05, 3.63) is 64.6 Å². The number of imidazole rings is 1. The quantitative estimate of drug-likeness (QED) is 0.269. The van der Waals surface area contributed by atoms with Crippen molar-refractivity contribution in [3.8, 4) is 11.3 Å². The number of amides is 3. The number of esters is 1. The zero-order valence-corrected chi connectivity index (χ0v) is 22.8. The number of ether oxygens (including phenoxy) is 1. The molecule has 2 aromatic carbocycles. The molecular weight excluding hydrogens is 560 g/mol. The van der Waals surface area contributed by atoms with Gasteiger partial charge in [0.15, 0.2) is 5.82 Å². The fraction of sp³-hybridized carbons (Fsp3) is 0.321. The molecule has 2 aliphatic heterocycles. The van der Waals surface area contributed by atoms with Crippen LogP contribution in [0.15, 0.2) is 36.5 Å². The molecule has 1 atom stereocenters. The number of carbonyl (C=O) groups is 4. The van der Waals surface area contributed by atoms with E-state index in [0.29, 0.717) is 47.6 Å². The van der Waals surface area contributed by atoms with Gasteiger partial charge in [0, 0.05) is 25.1 Å². The highest BCUT2D eigenvalue weighted by atomic mass is 35.5. The van der Waals surface area contributed by atoms with E-state index < -0.39 is 41.1 Å². The Morgan fingerprint density at radius 3 is 2.71 bits per heavy atom. The number of hydrogen-bond donors (Lipinski definition) is 2. The van der Waals surface area contributed by atoms with E-state index >= 15 is 0 Å². The summed E-state index contributed by atoms with van der Waals surface area (Å²) in [4.78, 5) is 60.8. The first-order valence-electron chi connectivity index (χ1n) is 13.0. The highest BCUT2D eigenvalue weighted by Gasteiger charge is 2.40.